The molecule has 2 atom stereocenters. The molecule has 0 aromatic heterocycles. The molecule has 1 heteroatoms. The molecule has 5 rings (SSSR count). The maximum absolute atomic E-state index is 2.90. The van der Waals surface area contributed by atoms with Crippen molar-refractivity contribution < 1.29 is 0 Å². The van der Waals surface area contributed by atoms with E-state index in [2.05, 4.69) is 29.2 Å². The zero-order valence-electron chi connectivity index (χ0n) is 14.5. The van der Waals surface area contributed by atoms with Crippen LogP contribution in [0, 0.1) is 11.8 Å². The van der Waals surface area contributed by atoms with Gasteiger partial charge in [-0.05, 0) is 92.8 Å². The van der Waals surface area contributed by atoms with Gasteiger partial charge in [0, 0.05) is 6.04 Å². The van der Waals surface area contributed by atoms with Crippen molar-refractivity contribution in [2.75, 3.05) is 13.1 Å². The first-order valence-electron chi connectivity index (χ1n) is 10.1. The first kappa shape index (κ1) is 14.5. The van der Waals surface area contributed by atoms with Gasteiger partial charge in [-0.1, -0.05) is 37.1 Å². The Labute approximate surface area is 141 Å². The summed E-state index contributed by atoms with van der Waals surface area (Å²) in [4.78, 5) is 2.90. The zero-order valence-corrected chi connectivity index (χ0v) is 14.5. The predicted octanol–water partition coefficient (Wildman–Crippen LogP) is 4.94. The lowest BCUT2D eigenvalue weighted by Crippen LogP contribution is -2.49. The quantitative estimate of drug-likeness (QED) is 0.710. The van der Waals surface area contributed by atoms with E-state index < -0.39 is 0 Å². The van der Waals surface area contributed by atoms with E-state index in [-0.39, 0.29) is 0 Å². The van der Waals surface area contributed by atoms with E-state index >= 15 is 0 Å². The van der Waals surface area contributed by atoms with Gasteiger partial charge in [-0.25, -0.2) is 0 Å². The Morgan fingerprint density at radius 3 is 2.39 bits per heavy atom. The van der Waals surface area contributed by atoms with Crippen LogP contribution in [0.25, 0.3) is 0 Å². The van der Waals surface area contributed by atoms with Crippen molar-refractivity contribution in [2.45, 2.75) is 75.7 Å². The lowest BCUT2D eigenvalue weighted by molar-refractivity contribution is 0.0695. The Balaban J connectivity index is 1.31. The second-order valence-electron chi connectivity index (χ2n) is 9.00. The van der Waals surface area contributed by atoms with Gasteiger partial charge in [0.2, 0.25) is 0 Å². The van der Waals surface area contributed by atoms with Crippen LogP contribution in [0.1, 0.15) is 68.9 Å². The average molecular weight is 309 g/mol. The minimum atomic E-state index is 0.527. The smallest absolute Gasteiger partial charge is 0.0100 e. The summed E-state index contributed by atoms with van der Waals surface area (Å²) in [5.74, 6) is 2.15. The van der Waals surface area contributed by atoms with Gasteiger partial charge in [0.05, 0.1) is 0 Å². The Hall–Kier alpha value is -0.820. The highest BCUT2D eigenvalue weighted by Crippen LogP contribution is 2.48. The van der Waals surface area contributed by atoms with E-state index in [1.54, 1.807) is 17.5 Å². The van der Waals surface area contributed by atoms with Gasteiger partial charge in [0.1, 0.15) is 0 Å². The molecule has 1 spiro atoms. The Morgan fingerprint density at radius 1 is 0.870 bits per heavy atom. The highest BCUT2D eigenvalue weighted by atomic mass is 15.2. The van der Waals surface area contributed by atoms with Crippen LogP contribution in [0.3, 0.4) is 0 Å². The molecule has 3 aliphatic carbocycles. The summed E-state index contributed by atoms with van der Waals surface area (Å²) in [6, 6.07) is 10.3. The van der Waals surface area contributed by atoms with Gasteiger partial charge in [0.15, 0.2) is 0 Å². The van der Waals surface area contributed by atoms with Crippen LogP contribution in [0.15, 0.2) is 24.3 Å². The molecule has 4 aliphatic rings. The molecule has 124 valence electrons. The third-order valence-electron chi connectivity index (χ3n) is 7.82. The largest absolute Gasteiger partial charge is 0.300 e. The van der Waals surface area contributed by atoms with Gasteiger partial charge in [-0.15, -0.1) is 0 Å². The summed E-state index contributed by atoms with van der Waals surface area (Å²) in [5, 5.41) is 0. The summed E-state index contributed by atoms with van der Waals surface area (Å²) >= 11 is 0. The summed E-state index contributed by atoms with van der Waals surface area (Å²) in [6.45, 7) is 2.72. The first-order chi connectivity index (χ1) is 11.3. The maximum atomic E-state index is 2.90. The van der Waals surface area contributed by atoms with E-state index in [1.807, 2.05) is 0 Å². The fourth-order valence-electron chi connectivity index (χ4n) is 6.61. The number of hydrogen-bond donors (Lipinski definition) is 0. The maximum Gasteiger partial charge on any atom is 0.0100 e. The van der Waals surface area contributed by atoms with Crippen LogP contribution in [0.5, 0.6) is 0 Å². The van der Waals surface area contributed by atoms with Gasteiger partial charge in [-0.3, -0.25) is 0 Å². The Kier molecular flexibility index (Phi) is 3.55. The fourth-order valence-corrected chi connectivity index (χ4v) is 6.61. The monoisotopic (exact) mass is 309 g/mol. The minimum Gasteiger partial charge on any atom is -0.300 e. The first-order valence-corrected chi connectivity index (χ1v) is 10.1. The second kappa shape index (κ2) is 5.62. The lowest BCUT2D eigenvalue weighted by atomic mass is 9.64. The molecule has 0 unspecified atom stereocenters. The Bertz CT molecular complexity index is 557. The van der Waals surface area contributed by atoms with Crippen LogP contribution < -0.4 is 0 Å². The molecule has 2 saturated carbocycles. The van der Waals surface area contributed by atoms with E-state index in [0.29, 0.717) is 5.41 Å². The van der Waals surface area contributed by atoms with E-state index in [9.17, 15) is 0 Å². The van der Waals surface area contributed by atoms with Gasteiger partial charge in [0.25, 0.3) is 0 Å². The molecule has 3 fully saturated rings. The Morgan fingerprint density at radius 2 is 1.61 bits per heavy atom. The predicted molar refractivity (Wildman–Crippen MR) is 95.7 cm³/mol. The van der Waals surface area contributed by atoms with Crippen LogP contribution >= 0.6 is 0 Å². The number of nitrogens with zero attached hydrogens (tertiary/aromatic N) is 1. The summed E-state index contributed by atoms with van der Waals surface area (Å²) in [7, 11) is 0. The third-order valence-corrected chi connectivity index (χ3v) is 7.82. The molecular formula is C22H31N. The van der Waals surface area contributed by atoms with Crippen molar-refractivity contribution in [3.8, 4) is 0 Å². The third kappa shape index (κ3) is 2.47. The zero-order chi connectivity index (χ0) is 15.3. The number of aryl methyl sites for hydroxylation is 1. The van der Waals surface area contributed by atoms with Crippen molar-refractivity contribution in [3.63, 3.8) is 0 Å². The molecule has 1 aliphatic heterocycles. The fraction of sp³-hybridized carbons (Fsp3) is 0.727. The molecule has 1 saturated heterocycles. The average Bonchev–Trinajstić information content (AvgIpc) is 2.94. The highest BCUT2D eigenvalue weighted by molar-refractivity contribution is 5.37. The molecule has 2 bridgehead atoms. The van der Waals surface area contributed by atoms with Crippen molar-refractivity contribution in [2.24, 2.45) is 11.8 Å². The summed E-state index contributed by atoms with van der Waals surface area (Å²) < 4.78 is 0. The molecule has 1 heterocycles. The normalized spacial score (nSPS) is 36.1. The number of rotatable bonds is 1. The molecule has 0 N–H and O–H groups in total. The summed E-state index contributed by atoms with van der Waals surface area (Å²) in [5.41, 5.74) is 3.90. The van der Waals surface area contributed by atoms with Crippen LogP contribution in [-0.2, 0) is 11.8 Å². The lowest BCUT2D eigenvalue weighted by Gasteiger charge is -2.48. The van der Waals surface area contributed by atoms with Gasteiger partial charge >= 0.3 is 0 Å². The minimum absolute atomic E-state index is 0.527. The number of hydrogen-bond acceptors (Lipinski definition) is 1. The molecule has 1 aromatic rings. The topological polar surface area (TPSA) is 3.24 Å². The second-order valence-corrected chi connectivity index (χ2v) is 9.00. The molecule has 1 nitrogen and oxygen atoms in total. The molecule has 1 aromatic carbocycles. The van der Waals surface area contributed by atoms with Crippen molar-refractivity contribution >= 4 is 0 Å². The van der Waals surface area contributed by atoms with E-state index in [0.717, 1.165) is 17.9 Å². The highest BCUT2D eigenvalue weighted by Gasteiger charge is 2.42. The number of fused-ring (bicyclic) bond motifs is 4. The van der Waals surface area contributed by atoms with Crippen molar-refractivity contribution in [1.82, 2.24) is 4.90 Å². The number of piperidine rings is 1. The molecule has 23 heavy (non-hydrogen) atoms. The standard InChI is InChI=1S/C22H31N/c1-2-6-21-19(4-1)5-3-9-22(21)10-12-23(13-11-22)20-15-17-7-8-18(14-17)16-20/h1-2,4,6,17-18,20H,3,5,7-16H2/t17-,18-/m1/s1. The van der Waals surface area contributed by atoms with Crippen LogP contribution in [0.4, 0.5) is 0 Å². The number of likely N-dealkylation sites (tertiary alicyclic amines) is 1. The van der Waals surface area contributed by atoms with Gasteiger partial charge < -0.3 is 4.90 Å². The number of benzene rings is 1. The van der Waals surface area contributed by atoms with Crippen molar-refractivity contribution in [1.29, 1.82) is 0 Å². The summed E-state index contributed by atoms with van der Waals surface area (Å²) in [6.07, 6.45) is 14.6. The SMILES string of the molecule is c1ccc2c(c1)CCCC21CCN(C2C[C@@H]3CC[C@@H](C2)C3)CC1. The van der Waals surface area contributed by atoms with E-state index in [1.165, 1.54) is 70.9 Å². The van der Waals surface area contributed by atoms with Gasteiger partial charge in [-0.2, -0.15) is 0 Å². The van der Waals surface area contributed by atoms with Crippen LogP contribution in [0.2, 0.25) is 0 Å². The van der Waals surface area contributed by atoms with E-state index in [4.69, 9.17) is 0 Å². The molecule has 0 amide bonds. The van der Waals surface area contributed by atoms with Crippen LogP contribution in [-0.4, -0.2) is 24.0 Å². The molecular weight excluding hydrogens is 278 g/mol. The molecule has 0 radical (unpaired) electrons. The van der Waals surface area contributed by atoms with Crippen molar-refractivity contribution in [3.05, 3.63) is 35.4 Å².